The first-order valence-electron chi connectivity index (χ1n) is 5.95. The molecule has 82 valence electrons. The summed E-state index contributed by atoms with van der Waals surface area (Å²) in [6, 6.07) is 0.702. The van der Waals surface area contributed by atoms with Gasteiger partial charge < -0.3 is 5.32 Å². The normalized spacial score (nSPS) is 36.4. The third kappa shape index (κ3) is 1.70. The number of nitrogens with zero attached hydrogens (tertiary/aromatic N) is 1. The van der Waals surface area contributed by atoms with E-state index in [1.165, 1.54) is 25.8 Å². The first-order chi connectivity index (χ1) is 6.43. The second-order valence-electron chi connectivity index (χ2n) is 6.09. The molecule has 2 aliphatic rings. The summed E-state index contributed by atoms with van der Waals surface area (Å²) in [6.45, 7) is 11.8. The van der Waals surface area contributed by atoms with Crippen molar-refractivity contribution in [3.63, 3.8) is 0 Å². The third-order valence-corrected chi connectivity index (χ3v) is 4.10. The van der Waals surface area contributed by atoms with Crippen LogP contribution in [0.2, 0.25) is 0 Å². The molecular formula is C12H24N2. The van der Waals surface area contributed by atoms with Crippen LogP contribution in [0.5, 0.6) is 0 Å². The number of piperazine rings is 1. The molecule has 14 heavy (non-hydrogen) atoms. The molecule has 2 rings (SSSR count). The maximum atomic E-state index is 3.62. The van der Waals surface area contributed by atoms with Crippen LogP contribution in [0.15, 0.2) is 0 Å². The van der Waals surface area contributed by atoms with Crippen LogP contribution in [0.4, 0.5) is 0 Å². The monoisotopic (exact) mass is 196 g/mol. The van der Waals surface area contributed by atoms with Crippen LogP contribution in [-0.2, 0) is 0 Å². The van der Waals surface area contributed by atoms with Crippen LogP contribution < -0.4 is 5.32 Å². The average molecular weight is 196 g/mol. The lowest BCUT2D eigenvalue weighted by molar-refractivity contribution is -0.0368. The van der Waals surface area contributed by atoms with Crippen LogP contribution in [-0.4, -0.2) is 35.1 Å². The highest BCUT2D eigenvalue weighted by Gasteiger charge is 2.44. The van der Waals surface area contributed by atoms with Crippen LogP contribution in [0.3, 0.4) is 0 Å². The van der Waals surface area contributed by atoms with Gasteiger partial charge in [0.15, 0.2) is 0 Å². The Labute approximate surface area is 88.1 Å². The minimum Gasteiger partial charge on any atom is -0.309 e. The van der Waals surface area contributed by atoms with E-state index < -0.39 is 0 Å². The van der Waals surface area contributed by atoms with E-state index in [0.29, 0.717) is 17.1 Å². The van der Waals surface area contributed by atoms with Gasteiger partial charge in [-0.25, -0.2) is 0 Å². The minimum atomic E-state index is 0.297. The van der Waals surface area contributed by atoms with Crippen LogP contribution >= 0.6 is 0 Å². The number of nitrogens with one attached hydrogen (secondary N) is 1. The summed E-state index contributed by atoms with van der Waals surface area (Å²) < 4.78 is 0. The van der Waals surface area contributed by atoms with E-state index in [1.54, 1.807) is 0 Å². The van der Waals surface area contributed by atoms with E-state index in [0.717, 1.165) is 6.54 Å². The Hall–Kier alpha value is -0.0800. The fourth-order valence-corrected chi connectivity index (χ4v) is 2.87. The molecule has 1 aliphatic carbocycles. The second kappa shape index (κ2) is 3.21. The highest BCUT2D eigenvalue weighted by Crippen LogP contribution is 2.39. The van der Waals surface area contributed by atoms with Gasteiger partial charge in [0.2, 0.25) is 0 Å². The van der Waals surface area contributed by atoms with Gasteiger partial charge in [-0.1, -0.05) is 0 Å². The molecule has 0 aromatic heterocycles. The third-order valence-electron chi connectivity index (χ3n) is 4.10. The largest absolute Gasteiger partial charge is 0.309 e. The van der Waals surface area contributed by atoms with E-state index in [2.05, 4.69) is 37.9 Å². The molecule has 0 spiro atoms. The quantitative estimate of drug-likeness (QED) is 0.690. The van der Waals surface area contributed by atoms with Gasteiger partial charge in [-0.3, -0.25) is 4.90 Å². The van der Waals surface area contributed by atoms with Crippen molar-refractivity contribution in [2.75, 3.05) is 13.1 Å². The van der Waals surface area contributed by atoms with Crippen molar-refractivity contribution in [3.8, 4) is 0 Å². The number of hydrogen-bond donors (Lipinski definition) is 1. The zero-order valence-electron chi connectivity index (χ0n) is 10.1. The van der Waals surface area contributed by atoms with E-state index in [-0.39, 0.29) is 0 Å². The molecule has 1 N–H and O–H groups in total. The molecule has 0 aromatic carbocycles. The molecular weight excluding hydrogens is 172 g/mol. The second-order valence-corrected chi connectivity index (χ2v) is 6.09. The van der Waals surface area contributed by atoms with Crippen LogP contribution in [0, 0.1) is 0 Å². The van der Waals surface area contributed by atoms with E-state index in [4.69, 9.17) is 0 Å². The summed E-state index contributed by atoms with van der Waals surface area (Å²) >= 11 is 0. The van der Waals surface area contributed by atoms with Crippen LogP contribution in [0.25, 0.3) is 0 Å². The van der Waals surface area contributed by atoms with Crippen molar-refractivity contribution in [1.82, 2.24) is 10.2 Å². The lowest BCUT2D eigenvalue weighted by atomic mass is 9.75. The lowest BCUT2D eigenvalue weighted by Crippen LogP contribution is -2.67. The molecule has 1 saturated carbocycles. The lowest BCUT2D eigenvalue weighted by Gasteiger charge is -2.56. The molecule has 1 atom stereocenters. The van der Waals surface area contributed by atoms with Crippen molar-refractivity contribution in [3.05, 3.63) is 0 Å². The van der Waals surface area contributed by atoms with Gasteiger partial charge in [0, 0.05) is 30.2 Å². The smallest absolute Gasteiger partial charge is 0.0253 e. The first-order valence-corrected chi connectivity index (χ1v) is 5.95. The summed E-state index contributed by atoms with van der Waals surface area (Å²) in [5.41, 5.74) is 0.809. The average Bonchev–Trinajstić information content (AvgIpc) is 2.05. The molecule has 1 aliphatic heterocycles. The SMILES string of the molecule is CC1CNC(C)(C)CN1C1(C)CCC1. The maximum Gasteiger partial charge on any atom is 0.0253 e. The predicted molar refractivity (Wildman–Crippen MR) is 60.5 cm³/mol. The fraction of sp³-hybridized carbons (Fsp3) is 1.00. The van der Waals surface area contributed by atoms with Gasteiger partial charge in [0.05, 0.1) is 0 Å². The fourth-order valence-electron chi connectivity index (χ4n) is 2.87. The summed E-state index contributed by atoms with van der Waals surface area (Å²) in [5.74, 6) is 0. The Kier molecular flexibility index (Phi) is 2.39. The molecule has 0 amide bonds. The Morgan fingerprint density at radius 2 is 1.86 bits per heavy atom. The molecule has 1 heterocycles. The molecule has 1 saturated heterocycles. The first kappa shape index (κ1) is 10.4. The Morgan fingerprint density at radius 1 is 1.21 bits per heavy atom. The highest BCUT2D eigenvalue weighted by atomic mass is 15.3. The standard InChI is InChI=1S/C12H24N2/c1-10-8-13-11(2,3)9-14(10)12(4)6-5-7-12/h10,13H,5-9H2,1-4H3. The van der Waals surface area contributed by atoms with Crippen molar-refractivity contribution in [2.45, 2.75) is 64.1 Å². The zero-order chi connectivity index (χ0) is 10.4. The van der Waals surface area contributed by atoms with E-state index in [9.17, 15) is 0 Å². The Balaban J connectivity index is 2.08. The Morgan fingerprint density at radius 3 is 2.36 bits per heavy atom. The summed E-state index contributed by atoms with van der Waals surface area (Å²) in [5, 5.41) is 3.62. The molecule has 0 bridgehead atoms. The Bertz CT molecular complexity index is 218. The summed E-state index contributed by atoms with van der Waals surface area (Å²) in [4.78, 5) is 2.73. The molecule has 2 heteroatoms. The summed E-state index contributed by atoms with van der Waals surface area (Å²) in [6.07, 6.45) is 4.22. The minimum absolute atomic E-state index is 0.297. The molecule has 0 radical (unpaired) electrons. The zero-order valence-corrected chi connectivity index (χ0v) is 10.1. The number of hydrogen-bond acceptors (Lipinski definition) is 2. The predicted octanol–water partition coefficient (Wildman–Crippen LogP) is 2.00. The van der Waals surface area contributed by atoms with Crippen molar-refractivity contribution in [2.24, 2.45) is 0 Å². The van der Waals surface area contributed by atoms with Gasteiger partial charge in [-0.2, -0.15) is 0 Å². The highest BCUT2D eigenvalue weighted by molar-refractivity contribution is 5.02. The van der Waals surface area contributed by atoms with Gasteiger partial charge in [-0.05, 0) is 47.0 Å². The van der Waals surface area contributed by atoms with E-state index in [1.807, 2.05) is 0 Å². The number of rotatable bonds is 1. The molecule has 2 fully saturated rings. The topological polar surface area (TPSA) is 15.3 Å². The molecule has 2 nitrogen and oxygen atoms in total. The van der Waals surface area contributed by atoms with Crippen LogP contribution in [0.1, 0.15) is 47.0 Å². The maximum absolute atomic E-state index is 3.62. The molecule has 1 unspecified atom stereocenters. The van der Waals surface area contributed by atoms with E-state index >= 15 is 0 Å². The van der Waals surface area contributed by atoms with Gasteiger partial charge in [-0.15, -0.1) is 0 Å². The van der Waals surface area contributed by atoms with Crippen molar-refractivity contribution < 1.29 is 0 Å². The van der Waals surface area contributed by atoms with Gasteiger partial charge in [0.1, 0.15) is 0 Å². The van der Waals surface area contributed by atoms with Crippen molar-refractivity contribution in [1.29, 1.82) is 0 Å². The van der Waals surface area contributed by atoms with Crippen molar-refractivity contribution >= 4 is 0 Å². The molecule has 0 aromatic rings. The summed E-state index contributed by atoms with van der Waals surface area (Å²) in [7, 11) is 0. The van der Waals surface area contributed by atoms with Gasteiger partial charge in [0.25, 0.3) is 0 Å². The van der Waals surface area contributed by atoms with Gasteiger partial charge >= 0.3 is 0 Å².